The van der Waals surface area contributed by atoms with Crippen LogP contribution >= 0.6 is 0 Å². The molecule has 2 aromatic carbocycles. The van der Waals surface area contributed by atoms with Crippen LogP contribution in [-0.2, 0) is 10.1 Å². The maximum absolute atomic E-state index is 12.7. The molecule has 0 radical (unpaired) electrons. The van der Waals surface area contributed by atoms with Gasteiger partial charge in [-0.1, -0.05) is 19.9 Å². The Hall–Kier alpha value is -2.64. The Kier molecular flexibility index (Phi) is 4.14. The van der Waals surface area contributed by atoms with Crippen LogP contribution < -0.4 is 5.43 Å². The number of fused-ring (bicyclic) bond motifs is 1. The van der Waals surface area contributed by atoms with Gasteiger partial charge in [-0.2, -0.15) is 8.42 Å². The standard InChI is InChI=1S/C18H16O6S/c1-10(2)14-7-11(3-6-17(14)25(21,22)23)15-9-24-16-8-12(19)4-5-13(16)18(15)20/h3-10,19H,1-2H3,(H,21,22,23). The summed E-state index contributed by atoms with van der Waals surface area (Å²) in [5.74, 6) is -0.190. The van der Waals surface area contributed by atoms with Crippen molar-refractivity contribution in [1.82, 2.24) is 0 Å². The fourth-order valence-electron chi connectivity index (χ4n) is 2.72. The van der Waals surface area contributed by atoms with E-state index in [4.69, 9.17) is 4.42 Å². The highest BCUT2D eigenvalue weighted by Gasteiger charge is 2.19. The number of aromatic hydroxyl groups is 1. The van der Waals surface area contributed by atoms with Crippen molar-refractivity contribution in [1.29, 1.82) is 0 Å². The minimum Gasteiger partial charge on any atom is -0.508 e. The summed E-state index contributed by atoms with van der Waals surface area (Å²) in [4.78, 5) is 12.5. The van der Waals surface area contributed by atoms with Gasteiger partial charge < -0.3 is 9.52 Å². The van der Waals surface area contributed by atoms with Crippen molar-refractivity contribution in [3.63, 3.8) is 0 Å². The average molecular weight is 360 g/mol. The molecule has 0 unspecified atom stereocenters. The minimum absolute atomic E-state index is 0.0111. The summed E-state index contributed by atoms with van der Waals surface area (Å²) < 4.78 is 37.9. The summed E-state index contributed by atoms with van der Waals surface area (Å²) in [5, 5.41) is 9.77. The highest BCUT2D eigenvalue weighted by Crippen LogP contribution is 2.29. The van der Waals surface area contributed by atoms with Crippen LogP contribution in [0.15, 0.2) is 56.8 Å². The normalized spacial score (nSPS) is 12.0. The number of phenols is 1. The molecule has 3 rings (SSSR count). The van der Waals surface area contributed by atoms with Crippen LogP contribution in [-0.4, -0.2) is 18.1 Å². The van der Waals surface area contributed by atoms with E-state index in [1.807, 2.05) is 0 Å². The van der Waals surface area contributed by atoms with Gasteiger partial charge in [-0.05, 0) is 41.3 Å². The molecule has 0 aliphatic rings. The predicted molar refractivity (Wildman–Crippen MR) is 93.5 cm³/mol. The Balaban J connectivity index is 2.25. The predicted octanol–water partition coefficient (Wildman–Crippen LogP) is 3.54. The average Bonchev–Trinajstić information content (AvgIpc) is 2.53. The molecule has 2 N–H and O–H groups in total. The number of phenolic OH excluding ortho intramolecular Hbond substituents is 1. The molecule has 130 valence electrons. The van der Waals surface area contributed by atoms with Gasteiger partial charge in [0.05, 0.1) is 15.8 Å². The monoisotopic (exact) mass is 360 g/mol. The first-order valence-corrected chi connectivity index (χ1v) is 8.99. The van der Waals surface area contributed by atoms with E-state index in [1.54, 1.807) is 19.9 Å². The molecule has 0 fully saturated rings. The lowest BCUT2D eigenvalue weighted by Crippen LogP contribution is -2.08. The molecule has 0 aliphatic heterocycles. The van der Waals surface area contributed by atoms with Gasteiger partial charge in [0.2, 0.25) is 0 Å². The second-order valence-electron chi connectivity index (χ2n) is 6.04. The first-order valence-electron chi connectivity index (χ1n) is 7.55. The van der Waals surface area contributed by atoms with E-state index in [0.717, 1.165) is 0 Å². The Morgan fingerprint density at radius 1 is 1.08 bits per heavy atom. The lowest BCUT2D eigenvalue weighted by Gasteiger charge is -2.13. The fraction of sp³-hybridized carbons (Fsp3) is 0.167. The Morgan fingerprint density at radius 2 is 1.80 bits per heavy atom. The molecule has 6 nitrogen and oxygen atoms in total. The van der Waals surface area contributed by atoms with Crippen LogP contribution in [0.1, 0.15) is 25.3 Å². The second kappa shape index (κ2) is 6.02. The number of hydrogen-bond acceptors (Lipinski definition) is 5. The van der Waals surface area contributed by atoms with E-state index in [2.05, 4.69) is 0 Å². The molecule has 0 saturated heterocycles. The summed E-state index contributed by atoms with van der Waals surface area (Å²) in [5.41, 5.74) is 1.12. The third-order valence-corrected chi connectivity index (χ3v) is 4.91. The summed E-state index contributed by atoms with van der Waals surface area (Å²) in [6.07, 6.45) is 1.27. The molecule has 0 saturated carbocycles. The first kappa shape index (κ1) is 17.2. The van der Waals surface area contributed by atoms with E-state index < -0.39 is 10.1 Å². The Bertz CT molecular complexity index is 1130. The fourth-order valence-corrected chi connectivity index (χ4v) is 3.55. The number of rotatable bonds is 3. The van der Waals surface area contributed by atoms with Crippen molar-refractivity contribution >= 4 is 21.1 Å². The molecule has 7 heteroatoms. The van der Waals surface area contributed by atoms with Crippen LogP contribution in [0.4, 0.5) is 0 Å². The van der Waals surface area contributed by atoms with Gasteiger partial charge in [0.1, 0.15) is 17.6 Å². The number of hydrogen-bond donors (Lipinski definition) is 2. The molecule has 1 heterocycles. The van der Waals surface area contributed by atoms with Gasteiger partial charge in [-0.3, -0.25) is 9.35 Å². The van der Waals surface area contributed by atoms with E-state index in [1.165, 1.54) is 36.6 Å². The van der Waals surface area contributed by atoms with Crippen LogP contribution in [0.5, 0.6) is 5.75 Å². The van der Waals surface area contributed by atoms with Crippen LogP contribution in [0.2, 0.25) is 0 Å². The van der Waals surface area contributed by atoms with Gasteiger partial charge in [0, 0.05) is 6.07 Å². The van der Waals surface area contributed by atoms with Gasteiger partial charge in [0.15, 0.2) is 5.43 Å². The highest BCUT2D eigenvalue weighted by atomic mass is 32.2. The van der Waals surface area contributed by atoms with Crippen LogP contribution in [0, 0.1) is 0 Å². The minimum atomic E-state index is -4.36. The van der Waals surface area contributed by atoms with E-state index in [9.17, 15) is 22.9 Å². The zero-order valence-electron chi connectivity index (χ0n) is 13.6. The SMILES string of the molecule is CC(C)c1cc(-c2coc3cc(O)ccc3c2=O)ccc1S(=O)(=O)O. The summed E-state index contributed by atoms with van der Waals surface area (Å²) >= 11 is 0. The van der Waals surface area contributed by atoms with Crippen molar-refractivity contribution in [2.45, 2.75) is 24.7 Å². The smallest absolute Gasteiger partial charge is 0.294 e. The van der Waals surface area contributed by atoms with E-state index in [-0.39, 0.29) is 33.1 Å². The lowest BCUT2D eigenvalue weighted by atomic mass is 9.97. The first-order chi connectivity index (χ1) is 11.7. The molecular formula is C18H16O6S. The Labute approximate surface area is 144 Å². The third-order valence-electron chi connectivity index (χ3n) is 3.98. The molecule has 1 aromatic heterocycles. The zero-order valence-corrected chi connectivity index (χ0v) is 14.4. The summed E-state index contributed by atoms with van der Waals surface area (Å²) in [6.45, 7) is 3.58. The maximum Gasteiger partial charge on any atom is 0.294 e. The summed E-state index contributed by atoms with van der Waals surface area (Å²) in [7, 11) is -4.36. The number of benzene rings is 2. The quantitative estimate of drug-likeness (QED) is 0.692. The molecule has 25 heavy (non-hydrogen) atoms. The van der Waals surface area contributed by atoms with Crippen molar-refractivity contribution in [3.8, 4) is 16.9 Å². The van der Waals surface area contributed by atoms with Crippen molar-refractivity contribution in [2.75, 3.05) is 0 Å². The molecule has 0 atom stereocenters. The van der Waals surface area contributed by atoms with Gasteiger partial charge in [-0.25, -0.2) is 0 Å². The van der Waals surface area contributed by atoms with Crippen LogP contribution in [0.3, 0.4) is 0 Å². The van der Waals surface area contributed by atoms with E-state index in [0.29, 0.717) is 16.5 Å². The van der Waals surface area contributed by atoms with Crippen molar-refractivity contribution in [3.05, 3.63) is 58.4 Å². The van der Waals surface area contributed by atoms with E-state index >= 15 is 0 Å². The second-order valence-corrected chi connectivity index (χ2v) is 7.43. The van der Waals surface area contributed by atoms with Crippen molar-refractivity contribution in [2.24, 2.45) is 0 Å². The third kappa shape index (κ3) is 3.16. The van der Waals surface area contributed by atoms with Crippen molar-refractivity contribution < 1.29 is 22.5 Å². The zero-order chi connectivity index (χ0) is 18.4. The molecule has 0 bridgehead atoms. The topological polar surface area (TPSA) is 105 Å². The maximum atomic E-state index is 12.7. The molecular weight excluding hydrogens is 344 g/mol. The Morgan fingerprint density at radius 3 is 2.44 bits per heavy atom. The highest BCUT2D eigenvalue weighted by molar-refractivity contribution is 7.85. The molecule has 0 aliphatic carbocycles. The molecule has 0 amide bonds. The summed E-state index contributed by atoms with van der Waals surface area (Å²) in [6, 6.07) is 8.50. The molecule has 0 spiro atoms. The largest absolute Gasteiger partial charge is 0.508 e. The van der Waals surface area contributed by atoms with Gasteiger partial charge >= 0.3 is 0 Å². The van der Waals surface area contributed by atoms with Gasteiger partial charge in [0.25, 0.3) is 10.1 Å². The molecule has 3 aromatic rings. The van der Waals surface area contributed by atoms with Gasteiger partial charge in [-0.15, -0.1) is 0 Å². The van der Waals surface area contributed by atoms with Crippen LogP contribution in [0.25, 0.3) is 22.1 Å². The lowest BCUT2D eigenvalue weighted by molar-refractivity contribution is 0.474.